The van der Waals surface area contributed by atoms with Crippen LogP contribution in [-0.2, 0) is 0 Å². The van der Waals surface area contributed by atoms with Gasteiger partial charge in [-0.25, -0.2) is 0 Å². The quantitative estimate of drug-likeness (QED) is 0.405. The Kier molecular flexibility index (Phi) is 7.71. The Morgan fingerprint density at radius 2 is 1.30 bits per heavy atom. The Labute approximate surface area is 187 Å². The molecule has 0 aliphatic heterocycles. The average molecular weight is 439 g/mol. The molecule has 2 fully saturated rings. The molecule has 0 aromatic heterocycles. The zero-order valence-electron chi connectivity index (χ0n) is 19.5. The highest BCUT2D eigenvalue weighted by Crippen LogP contribution is 2.59. The molecule has 0 saturated heterocycles. The van der Waals surface area contributed by atoms with E-state index in [-0.39, 0.29) is 15.8 Å². The van der Waals surface area contributed by atoms with Gasteiger partial charge in [-0.1, -0.05) is 81.1 Å². The van der Waals surface area contributed by atoms with Crippen molar-refractivity contribution in [2.45, 2.75) is 89.1 Å². The molecule has 4 atom stereocenters. The van der Waals surface area contributed by atoms with Crippen molar-refractivity contribution < 1.29 is 0 Å². The second-order valence-electron chi connectivity index (χ2n) is 9.80. The van der Waals surface area contributed by atoms with Gasteiger partial charge in [0.15, 0.2) is 0 Å². The summed E-state index contributed by atoms with van der Waals surface area (Å²) in [4.78, 5) is 0. The molecule has 2 saturated carbocycles. The topological polar surface area (TPSA) is 0 Å². The van der Waals surface area contributed by atoms with Crippen molar-refractivity contribution in [1.29, 1.82) is 0 Å². The van der Waals surface area contributed by atoms with Crippen molar-refractivity contribution in [2.75, 3.05) is 6.66 Å². The summed E-state index contributed by atoms with van der Waals surface area (Å²) < 4.78 is 0. The average Bonchev–Trinajstić information content (AvgIpc) is 3.26. The Morgan fingerprint density at radius 3 is 1.87 bits per heavy atom. The Morgan fingerprint density at radius 1 is 0.733 bits per heavy atom. The van der Waals surface area contributed by atoms with Crippen LogP contribution < -0.4 is 10.6 Å². The predicted molar refractivity (Wildman–Crippen MR) is 139 cm³/mol. The second kappa shape index (κ2) is 10.3. The highest BCUT2D eigenvalue weighted by molar-refractivity contribution is 7.73. The second-order valence-corrected chi connectivity index (χ2v) is 15.0. The summed E-state index contributed by atoms with van der Waals surface area (Å²) in [6.07, 6.45) is 11.9. The number of hydrogen-bond acceptors (Lipinski definition) is 0. The summed E-state index contributed by atoms with van der Waals surface area (Å²) in [6.45, 7) is 9.97. The van der Waals surface area contributed by atoms with Crippen molar-refractivity contribution in [3.05, 3.63) is 59.7 Å². The SMILES string of the molecule is Cc1ccccc1P(c1ccccc1C)[C@H](C)C1CCCC1P(C)C1CCCCC1. The molecule has 2 aromatic rings. The van der Waals surface area contributed by atoms with E-state index in [0.717, 1.165) is 22.9 Å². The zero-order valence-corrected chi connectivity index (χ0v) is 21.3. The number of aryl methyl sites for hydroxylation is 2. The van der Waals surface area contributed by atoms with E-state index < -0.39 is 0 Å². The van der Waals surface area contributed by atoms with Crippen LogP contribution in [0, 0.1) is 19.8 Å². The summed E-state index contributed by atoms with van der Waals surface area (Å²) in [5.41, 5.74) is 5.78. The largest absolute Gasteiger partial charge is 0.103 e. The van der Waals surface area contributed by atoms with Gasteiger partial charge in [0.05, 0.1) is 0 Å². The molecule has 2 aliphatic carbocycles. The van der Waals surface area contributed by atoms with Gasteiger partial charge in [-0.2, -0.15) is 0 Å². The van der Waals surface area contributed by atoms with Gasteiger partial charge >= 0.3 is 0 Å². The fraction of sp³-hybridized carbons (Fsp3) is 0.571. The molecule has 162 valence electrons. The maximum absolute atomic E-state index is 2.69. The summed E-state index contributed by atoms with van der Waals surface area (Å²) in [5.74, 6) is 0.911. The maximum Gasteiger partial charge on any atom is -0.0123 e. The Hall–Kier alpha value is -0.700. The number of rotatable bonds is 6. The van der Waals surface area contributed by atoms with Crippen molar-refractivity contribution >= 4 is 26.5 Å². The van der Waals surface area contributed by atoms with Crippen LogP contribution in [0.3, 0.4) is 0 Å². The normalized spacial score (nSPS) is 24.8. The minimum atomic E-state index is -0.323. The van der Waals surface area contributed by atoms with Gasteiger partial charge in [-0.15, -0.1) is 7.92 Å². The first-order valence-electron chi connectivity index (χ1n) is 12.2. The molecule has 0 bridgehead atoms. The van der Waals surface area contributed by atoms with Gasteiger partial charge in [-0.3, -0.25) is 0 Å². The lowest BCUT2D eigenvalue weighted by atomic mass is 10.0. The van der Waals surface area contributed by atoms with Gasteiger partial charge in [0, 0.05) is 0 Å². The van der Waals surface area contributed by atoms with Crippen LogP contribution in [-0.4, -0.2) is 23.6 Å². The van der Waals surface area contributed by atoms with Gasteiger partial charge in [0.25, 0.3) is 0 Å². The lowest BCUT2D eigenvalue weighted by molar-refractivity contribution is 0.498. The van der Waals surface area contributed by atoms with Crippen molar-refractivity contribution in [3.8, 4) is 0 Å². The molecule has 0 spiro atoms. The standard InChI is InChI=1S/C28H40P2/c1-21-13-8-10-18-26(21)30(27-19-11-9-14-22(27)2)23(3)25-17-12-20-28(25)29(4)24-15-6-5-7-16-24/h8-11,13-14,18-19,23-25,28H,5-7,12,15-17,20H2,1-4H3/t23-,25?,28?,29?/m1/s1. The van der Waals surface area contributed by atoms with Crippen LogP contribution in [0.1, 0.15) is 69.4 Å². The van der Waals surface area contributed by atoms with Crippen LogP contribution in [0.15, 0.2) is 48.5 Å². The third-order valence-electron chi connectivity index (χ3n) is 7.98. The molecule has 2 aliphatic rings. The summed E-state index contributed by atoms with van der Waals surface area (Å²) in [5, 5.41) is 3.25. The van der Waals surface area contributed by atoms with Gasteiger partial charge < -0.3 is 0 Å². The predicted octanol–water partition coefficient (Wildman–Crippen LogP) is 7.74. The third kappa shape index (κ3) is 4.71. The fourth-order valence-corrected chi connectivity index (χ4v) is 13.0. The van der Waals surface area contributed by atoms with E-state index >= 15 is 0 Å². The first-order chi connectivity index (χ1) is 14.6. The monoisotopic (exact) mass is 438 g/mol. The molecule has 0 heterocycles. The van der Waals surface area contributed by atoms with Crippen LogP contribution >= 0.6 is 15.8 Å². The smallest absolute Gasteiger partial charge is 0.0123 e. The lowest BCUT2D eigenvalue weighted by Crippen LogP contribution is -2.32. The molecule has 0 nitrogen and oxygen atoms in total. The summed E-state index contributed by atoms with van der Waals surface area (Å²) in [6, 6.07) is 18.5. The van der Waals surface area contributed by atoms with E-state index in [4.69, 9.17) is 0 Å². The van der Waals surface area contributed by atoms with E-state index in [0.29, 0.717) is 0 Å². The summed E-state index contributed by atoms with van der Waals surface area (Å²) >= 11 is 0. The first-order valence-corrected chi connectivity index (χ1v) is 15.5. The fourth-order valence-electron chi connectivity index (χ4n) is 6.22. The Balaban J connectivity index is 1.66. The van der Waals surface area contributed by atoms with Crippen molar-refractivity contribution in [2.24, 2.45) is 5.92 Å². The van der Waals surface area contributed by atoms with Gasteiger partial charge in [-0.05, 0) is 98.7 Å². The van der Waals surface area contributed by atoms with Gasteiger partial charge in [0.2, 0.25) is 0 Å². The van der Waals surface area contributed by atoms with Crippen LogP contribution in [0.5, 0.6) is 0 Å². The zero-order chi connectivity index (χ0) is 21.1. The van der Waals surface area contributed by atoms with E-state index in [1.165, 1.54) is 62.5 Å². The number of hydrogen-bond donors (Lipinski definition) is 0. The maximum atomic E-state index is 2.69. The molecule has 3 unspecified atom stereocenters. The first kappa shape index (κ1) is 22.5. The Bertz CT molecular complexity index is 777. The highest BCUT2D eigenvalue weighted by Gasteiger charge is 2.41. The molecule has 0 amide bonds. The van der Waals surface area contributed by atoms with Crippen molar-refractivity contribution in [1.82, 2.24) is 0 Å². The van der Waals surface area contributed by atoms with E-state index in [1.54, 1.807) is 10.6 Å². The molecule has 2 heteroatoms. The lowest BCUT2D eigenvalue weighted by Gasteiger charge is -2.40. The summed E-state index contributed by atoms with van der Waals surface area (Å²) in [7, 11) is -0.162. The molecular formula is C28H40P2. The van der Waals surface area contributed by atoms with E-state index in [2.05, 4.69) is 76.0 Å². The number of benzene rings is 2. The van der Waals surface area contributed by atoms with Crippen LogP contribution in [0.4, 0.5) is 0 Å². The van der Waals surface area contributed by atoms with E-state index in [1.807, 2.05) is 0 Å². The van der Waals surface area contributed by atoms with E-state index in [9.17, 15) is 0 Å². The molecule has 4 rings (SSSR count). The minimum absolute atomic E-state index is 0.161. The van der Waals surface area contributed by atoms with Crippen LogP contribution in [0.25, 0.3) is 0 Å². The minimum Gasteiger partial charge on any atom is -0.103 e. The molecule has 0 N–H and O–H groups in total. The van der Waals surface area contributed by atoms with Gasteiger partial charge in [0.1, 0.15) is 0 Å². The highest BCUT2D eigenvalue weighted by atomic mass is 31.1. The molecule has 2 aromatic carbocycles. The van der Waals surface area contributed by atoms with Crippen molar-refractivity contribution in [3.63, 3.8) is 0 Å². The molecule has 30 heavy (non-hydrogen) atoms. The molecular weight excluding hydrogens is 398 g/mol. The van der Waals surface area contributed by atoms with Crippen LogP contribution in [0.2, 0.25) is 0 Å². The molecule has 0 radical (unpaired) electrons. The third-order valence-corrected chi connectivity index (χ3v) is 14.6.